The molecule has 0 fully saturated rings. The van der Waals surface area contributed by atoms with E-state index in [0.717, 1.165) is 11.8 Å². The Morgan fingerprint density at radius 3 is 2.65 bits per heavy atom. The van der Waals surface area contributed by atoms with E-state index in [9.17, 15) is 9.59 Å². The molecule has 0 aliphatic rings. The van der Waals surface area contributed by atoms with Crippen molar-refractivity contribution < 1.29 is 14.0 Å². The fraction of sp³-hybridized carbons (Fsp3) is 0.500. The first-order chi connectivity index (χ1) is 9.24. The average Bonchev–Trinajstić information content (AvgIpc) is 2.83. The smallest absolute Gasteiger partial charge is 0.246 e. The van der Waals surface area contributed by atoms with Crippen LogP contribution in [-0.4, -0.2) is 35.3 Å². The summed E-state index contributed by atoms with van der Waals surface area (Å²) in [4.78, 5) is 28.5. The van der Waals surface area contributed by atoms with Crippen LogP contribution in [0.25, 0.3) is 0 Å². The highest BCUT2D eigenvalue weighted by Crippen LogP contribution is 2.20. The normalized spacial score (nSPS) is 11.0. The van der Waals surface area contributed by atoms with Gasteiger partial charge in [0.15, 0.2) is 0 Å². The van der Waals surface area contributed by atoms with Crippen molar-refractivity contribution in [1.82, 2.24) is 15.2 Å². The van der Waals surface area contributed by atoms with Crippen LogP contribution in [0.5, 0.6) is 0 Å². The molecule has 0 spiro atoms. The summed E-state index contributed by atoms with van der Waals surface area (Å²) >= 11 is 0. The lowest BCUT2D eigenvalue weighted by Crippen LogP contribution is -2.37. The Morgan fingerprint density at radius 1 is 1.50 bits per heavy atom. The molecular formula is C14H21N3O3. The molecule has 1 aromatic heterocycles. The van der Waals surface area contributed by atoms with Gasteiger partial charge in [-0.05, 0) is 6.08 Å². The number of hydrogen-bond acceptors (Lipinski definition) is 4. The number of hydrogen-bond donors (Lipinski definition) is 1. The Labute approximate surface area is 118 Å². The van der Waals surface area contributed by atoms with Crippen molar-refractivity contribution >= 4 is 11.8 Å². The van der Waals surface area contributed by atoms with Crippen LogP contribution in [0.2, 0.25) is 0 Å². The molecule has 0 bridgehead atoms. The third-order valence-electron chi connectivity index (χ3n) is 2.69. The van der Waals surface area contributed by atoms with Crippen molar-refractivity contribution in [3.8, 4) is 0 Å². The van der Waals surface area contributed by atoms with Crippen LogP contribution in [0.4, 0.5) is 0 Å². The number of rotatable bonds is 5. The second-order valence-electron chi connectivity index (χ2n) is 5.55. The van der Waals surface area contributed by atoms with Crippen LogP contribution in [-0.2, 0) is 21.5 Å². The molecule has 0 atom stereocenters. The minimum Gasteiger partial charge on any atom is -0.447 e. The van der Waals surface area contributed by atoms with E-state index in [0.29, 0.717) is 5.89 Å². The van der Waals surface area contributed by atoms with Gasteiger partial charge in [-0.2, -0.15) is 0 Å². The number of amides is 2. The molecule has 0 aromatic carbocycles. The maximum absolute atomic E-state index is 11.6. The zero-order valence-corrected chi connectivity index (χ0v) is 12.4. The van der Waals surface area contributed by atoms with Crippen LogP contribution in [0.15, 0.2) is 23.3 Å². The van der Waals surface area contributed by atoms with E-state index in [2.05, 4.69) is 16.9 Å². The highest BCUT2D eigenvalue weighted by Gasteiger charge is 2.19. The van der Waals surface area contributed by atoms with Gasteiger partial charge in [0.1, 0.15) is 6.26 Å². The monoisotopic (exact) mass is 279 g/mol. The van der Waals surface area contributed by atoms with Crippen LogP contribution < -0.4 is 5.32 Å². The Bertz CT molecular complexity index is 500. The van der Waals surface area contributed by atoms with E-state index >= 15 is 0 Å². The van der Waals surface area contributed by atoms with Gasteiger partial charge in [0.05, 0.1) is 18.8 Å². The Hall–Kier alpha value is -2.11. The molecule has 20 heavy (non-hydrogen) atoms. The Balaban J connectivity index is 2.47. The lowest BCUT2D eigenvalue weighted by molar-refractivity contribution is -0.131. The molecule has 0 aliphatic carbocycles. The number of carbonyl (C=O) groups excluding carboxylic acids is 2. The van der Waals surface area contributed by atoms with Crippen LogP contribution in [0, 0.1) is 0 Å². The van der Waals surface area contributed by atoms with Gasteiger partial charge in [-0.25, -0.2) is 4.98 Å². The van der Waals surface area contributed by atoms with Gasteiger partial charge in [-0.1, -0.05) is 27.4 Å². The van der Waals surface area contributed by atoms with Crippen molar-refractivity contribution in [1.29, 1.82) is 0 Å². The predicted molar refractivity (Wildman–Crippen MR) is 74.9 cm³/mol. The van der Waals surface area contributed by atoms with Crippen molar-refractivity contribution in [2.75, 3.05) is 13.6 Å². The summed E-state index contributed by atoms with van der Waals surface area (Å²) in [6, 6.07) is 0. The Kier molecular flexibility index (Phi) is 5.07. The van der Waals surface area contributed by atoms with E-state index in [-0.39, 0.29) is 30.3 Å². The SMILES string of the molecule is C=CC(=O)N(C)CC(=O)NCc1nc(C(C)(C)C)co1. The first-order valence-corrected chi connectivity index (χ1v) is 6.33. The molecule has 6 nitrogen and oxygen atoms in total. The van der Waals surface area contributed by atoms with Gasteiger partial charge in [0, 0.05) is 12.5 Å². The third-order valence-corrected chi connectivity index (χ3v) is 2.69. The highest BCUT2D eigenvalue weighted by molar-refractivity contribution is 5.90. The molecule has 1 N–H and O–H groups in total. The maximum Gasteiger partial charge on any atom is 0.246 e. The van der Waals surface area contributed by atoms with E-state index in [1.807, 2.05) is 20.8 Å². The second-order valence-corrected chi connectivity index (χ2v) is 5.55. The summed E-state index contributed by atoms with van der Waals surface area (Å²) in [6.45, 7) is 9.62. The maximum atomic E-state index is 11.6. The van der Waals surface area contributed by atoms with Crippen molar-refractivity contribution in [2.24, 2.45) is 0 Å². The molecule has 110 valence electrons. The Morgan fingerprint density at radius 2 is 2.15 bits per heavy atom. The number of carbonyl (C=O) groups is 2. The van der Waals surface area contributed by atoms with Crippen LogP contribution in [0.3, 0.4) is 0 Å². The number of likely N-dealkylation sites (N-methyl/N-ethyl adjacent to an activating group) is 1. The van der Waals surface area contributed by atoms with Crippen LogP contribution in [0.1, 0.15) is 32.4 Å². The molecule has 0 unspecified atom stereocenters. The number of aromatic nitrogens is 1. The summed E-state index contributed by atoms with van der Waals surface area (Å²) in [6.07, 6.45) is 2.76. The summed E-state index contributed by atoms with van der Waals surface area (Å²) in [5.74, 6) is -0.134. The molecule has 2 amide bonds. The van der Waals surface area contributed by atoms with Crippen LogP contribution >= 0.6 is 0 Å². The minimum atomic E-state index is -0.300. The molecule has 1 heterocycles. The van der Waals surface area contributed by atoms with Gasteiger partial charge in [-0.15, -0.1) is 0 Å². The molecule has 0 saturated heterocycles. The van der Waals surface area contributed by atoms with Gasteiger partial charge in [-0.3, -0.25) is 9.59 Å². The molecular weight excluding hydrogens is 258 g/mol. The molecule has 1 aromatic rings. The molecule has 0 radical (unpaired) electrons. The predicted octanol–water partition coefficient (Wildman–Crippen LogP) is 1.23. The lowest BCUT2D eigenvalue weighted by Gasteiger charge is -2.14. The summed E-state index contributed by atoms with van der Waals surface area (Å²) < 4.78 is 5.29. The third kappa shape index (κ3) is 4.53. The van der Waals surface area contributed by atoms with Gasteiger partial charge < -0.3 is 14.6 Å². The van der Waals surface area contributed by atoms with E-state index in [1.165, 1.54) is 11.9 Å². The van der Waals surface area contributed by atoms with Crippen molar-refractivity contribution in [3.63, 3.8) is 0 Å². The molecule has 0 saturated carbocycles. The first-order valence-electron chi connectivity index (χ1n) is 6.33. The van der Waals surface area contributed by atoms with Gasteiger partial charge in [0.25, 0.3) is 0 Å². The largest absolute Gasteiger partial charge is 0.447 e. The van der Waals surface area contributed by atoms with Gasteiger partial charge in [0.2, 0.25) is 17.7 Å². The fourth-order valence-corrected chi connectivity index (χ4v) is 1.42. The number of oxazole rings is 1. The number of nitrogens with zero attached hydrogens (tertiary/aromatic N) is 2. The molecule has 0 aliphatic heterocycles. The molecule has 6 heteroatoms. The summed E-state index contributed by atoms with van der Waals surface area (Å²) in [5, 5.41) is 2.65. The first kappa shape index (κ1) is 15.9. The highest BCUT2D eigenvalue weighted by atomic mass is 16.3. The van der Waals surface area contributed by atoms with Crippen molar-refractivity contribution in [2.45, 2.75) is 32.7 Å². The zero-order valence-electron chi connectivity index (χ0n) is 12.4. The summed E-state index contributed by atoms with van der Waals surface area (Å²) in [5.41, 5.74) is 0.739. The standard InChI is InChI=1S/C14H21N3O3/c1-6-13(19)17(5)8-11(18)15-7-12-16-10(9-20-12)14(2,3)4/h6,9H,1,7-8H2,2-5H3,(H,15,18). The lowest BCUT2D eigenvalue weighted by atomic mass is 9.93. The molecule has 1 rings (SSSR count). The average molecular weight is 279 g/mol. The quantitative estimate of drug-likeness (QED) is 0.823. The van der Waals surface area contributed by atoms with E-state index < -0.39 is 0 Å². The summed E-state index contributed by atoms with van der Waals surface area (Å²) in [7, 11) is 1.53. The van der Waals surface area contributed by atoms with Crippen molar-refractivity contribution in [3.05, 3.63) is 30.5 Å². The zero-order chi connectivity index (χ0) is 15.3. The second kappa shape index (κ2) is 6.36. The number of nitrogens with one attached hydrogen (secondary N) is 1. The fourth-order valence-electron chi connectivity index (χ4n) is 1.42. The van der Waals surface area contributed by atoms with Gasteiger partial charge >= 0.3 is 0 Å². The van der Waals surface area contributed by atoms with E-state index in [4.69, 9.17) is 4.42 Å². The topological polar surface area (TPSA) is 75.4 Å². The minimum absolute atomic E-state index is 0.0301. The van der Waals surface area contributed by atoms with E-state index in [1.54, 1.807) is 6.26 Å².